The first-order valence-electron chi connectivity index (χ1n) is 12.6. The molecule has 3 heteroatoms. The minimum absolute atomic E-state index is 0.00752. The number of cyclic esters (lactones) is 1. The van der Waals surface area contributed by atoms with Crippen molar-refractivity contribution < 1.29 is 14.3 Å². The number of carbonyl (C=O) groups is 2. The van der Waals surface area contributed by atoms with E-state index >= 15 is 0 Å². The summed E-state index contributed by atoms with van der Waals surface area (Å²) in [5.74, 6) is 2.90. The Morgan fingerprint density at radius 1 is 0.700 bits per heavy atom. The summed E-state index contributed by atoms with van der Waals surface area (Å²) in [6.45, 7) is 14.4. The van der Waals surface area contributed by atoms with Crippen LogP contribution in [0.1, 0.15) is 106 Å². The molecule has 3 nitrogen and oxygen atoms in total. The fourth-order valence-electron chi connectivity index (χ4n) is 10.2. The van der Waals surface area contributed by atoms with Crippen molar-refractivity contribution in [3.05, 3.63) is 0 Å². The molecule has 4 saturated carbocycles. The maximum atomic E-state index is 12.8. The summed E-state index contributed by atoms with van der Waals surface area (Å²) >= 11 is 0. The van der Waals surface area contributed by atoms with Gasteiger partial charge in [0, 0.05) is 24.2 Å². The molecular formula is C27H42O3. The number of Topliss-reactive ketones (excluding diaryl/α,β-unsaturated/α-hetero) is 1. The van der Waals surface area contributed by atoms with Crippen LogP contribution in [0, 0.1) is 45.3 Å². The average Bonchev–Trinajstić information content (AvgIpc) is 3.20. The lowest BCUT2D eigenvalue weighted by Gasteiger charge is -2.69. The van der Waals surface area contributed by atoms with Gasteiger partial charge >= 0.3 is 5.97 Å². The Kier molecular flexibility index (Phi) is 4.29. The number of rotatable bonds is 1. The zero-order chi connectivity index (χ0) is 21.7. The van der Waals surface area contributed by atoms with Gasteiger partial charge in [-0.05, 0) is 92.3 Å². The first-order valence-corrected chi connectivity index (χ1v) is 12.6. The fourth-order valence-corrected chi connectivity index (χ4v) is 10.2. The minimum atomic E-state index is -0.247. The number of hydrogen-bond acceptors (Lipinski definition) is 3. The third-order valence-corrected chi connectivity index (χ3v) is 12.1. The van der Waals surface area contributed by atoms with Gasteiger partial charge in [0.1, 0.15) is 11.4 Å². The van der Waals surface area contributed by atoms with Gasteiger partial charge in [0.15, 0.2) is 0 Å². The molecular weight excluding hydrogens is 372 g/mol. The topological polar surface area (TPSA) is 43.4 Å². The Labute approximate surface area is 183 Å². The Morgan fingerprint density at radius 2 is 1.40 bits per heavy atom. The molecule has 30 heavy (non-hydrogen) atoms. The van der Waals surface area contributed by atoms with Crippen molar-refractivity contribution in [1.29, 1.82) is 0 Å². The molecule has 168 valence electrons. The van der Waals surface area contributed by atoms with Crippen LogP contribution in [0.3, 0.4) is 0 Å². The van der Waals surface area contributed by atoms with Gasteiger partial charge < -0.3 is 4.74 Å². The van der Waals surface area contributed by atoms with Crippen molar-refractivity contribution in [2.24, 2.45) is 45.3 Å². The van der Waals surface area contributed by atoms with Crippen LogP contribution >= 0.6 is 0 Å². The molecule has 5 rings (SSSR count). The summed E-state index contributed by atoms with van der Waals surface area (Å²) in [4.78, 5) is 24.8. The molecule has 1 aliphatic heterocycles. The summed E-state index contributed by atoms with van der Waals surface area (Å²) in [5.41, 5.74) is 0.503. The van der Waals surface area contributed by atoms with E-state index in [2.05, 4.69) is 41.5 Å². The lowest BCUT2D eigenvalue weighted by molar-refractivity contribution is -0.207. The van der Waals surface area contributed by atoms with Crippen molar-refractivity contribution in [2.75, 3.05) is 0 Å². The number of fused-ring (bicyclic) bond motifs is 5. The third-order valence-electron chi connectivity index (χ3n) is 12.1. The molecule has 1 heterocycles. The van der Waals surface area contributed by atoms with E-state index in [1.807, 2.05) is 0 Å². The zero-order valence-corrected chi connectivity index (χ0v) is 20.1. The molecule has 1 saturated heterocycles. The molecule has 4 aliphatic carbocycles. The molecule has 8 atom stereocenters. The van der Waals surface area contributed by atoms with Crippen LogP contribution in [0.2, 0.25) is 0 Å². The summed E-state index contributed by atoms with van der Waals surface area (Å²) < 4.78 is 5.96. The minimum Gasteiger partial charge on any atom is -0.459 e. The van der Waals surface area contributed by atoms with E-state index in [-0.39, 0.29) is 22.4 Å². The van der Waals surface area contributed by atoms with Crippen LogP contribution in [0.4, 0.5) is 0 Å². The van der Waals surface area contributed by atoms with Gasteiger partial charge in [-0.15, -0.1) is 0 Å². The Hall–Kier alpha value is -0.860. The highest BCUT2D eigenvalue weighted by Gasteiger charge is 2.70. The van der Waals surface area contributed by atoms with Gasteiger partial charge in [0.25, 0.3) is 0 Å². The SMILES string of the molecule is CC1(C)C(=O)CC[C@]2(C)[C@@H]1CC[C@@]1(C)[C@H]2CC[C@@H]2[C@@H]([C@]3(C)CCC(=O)O3)CC[C@@]21C. The van der Waals surface area contributed by atoms with Gasteiger partial charge in [0.05, 0.1) is 0 Å². The number of ketones is 1. The summed E-state index contributed by atoms with van der Waals surface area (Å²) in [7, 11) is 0. The summed E-state index contributed by atoms with van der Waals surface area (Å²) in [6.07, 6.45) is 10.8. The number of ether oxygens (including phenoxy) is 1. The smallest absolute Gasteiger partial charge is 0.306 e. The van der Waals surface area contributed by atoms with Crippen LogP contribution < -0.4 is 0 Å². The van der Waals surface area contributed by atoms with Crippen molar-refractivity contribution in [1.82, 2.24) is 0 Å². The van der Waals surface area contributed by atoms with Gasteiger partial charge in [0.2, 0.25) is 0 Å². The molecule has 0 unspecified atom stereocenters. The normalized spacial score (nSPS) is 54.9. The van der Waals surface area contributed by atoms with Crippen LogP contribution in [0.5, 0.6) is 0 Å². The third kappa shape index (κ3) is 2.39. The second-order valence-electron chi connectivity index (χ2n) is 13.2. The first-order chi connectivity index (χ1) is 13.9. The largest absolute Gasteiger partial charge is 0.459 e. The number of esters is 1. The summed E-state index contributed by atoms with van der Waals surface area (Å²) in [6, 6.07) is 0. The first kappa shape index (κ1) is 21.0. The van der Waals surface area contributed by atoms with Gasteiger partial charge in [-0.1, -0.05) is 34.6 Å². The Bertz CT molecular complexity index is 785. The molecule has 5 aliphatic rings. The molecule has 0 radical (unpaired) electrons. The maximum Gasteiger partial charge on any atom is 0.306 e. The quantitative estimate of drug-likeness (QED) is 0.470. The standard InChI is InChI=1S/C27H42O3/c1-23(2)19-10-15-26(5)20(24(19,3)13-11-21(23)28)8-7-17-18(9-14-25(17,26)4)27(6)16-12-22(29)30-27/h17-20H,7-16H2,1-6H3/t17-,18+,19-,20+,24-,25+,26+,27+/m1/s1. The summed E-state index contributed by atoms with van der Waals surface area (Å²) in [5, 5.41) is 0. The predicted molar refractivity (Wildman–Crippen MR) is 118 cm³/mol. The van der Waals surface area contributed by atoms with Crippen LogP contribution in [-0.4, -0.2) is 17.4 Å². The molecule has 0 bridgehead atoms. The number of carbonyl (C=O) groups excluding carboxylic acids is 2. The van der Waals surface area contributed by atoms with E-state index in [4.69, 9.17) is 4.74 Å². The second-order valence-corrected chi connectivity index (χ2v) is 13.2. The molecule has 0 amide bonds. The average molecular weight is 415 g/mol. The molecule has 0 aromatic rings. The highest BCUT2D eigenvalue weighted by molar-refractivity contribution is 5.85. The molecule has 0 aromatic carbocycles. The predicted octanol–water partition coefficient (Wildman–Crippen LogP) is 6.34. The monoisotopic (exact) mass is 414 g/mol. The molecule has 5 fully saturated rings. The van der Waals surface area contributed by atoms with Crippen molar-refractivity contribution >= 4 is 11.8 Å². The van der Waals surface area contributed by atoms with E-state index in [0.717, 1.165) is 19.3 Å². The maximum absolute atomic E-state index is 12.8. The van der Waals surface area contributed by atoms with Crippen molar-refractivity contribution in [3.63, 3.8) is 0 Å². The lowest BCUT2D eigenvalue weighted by atomic mass is 9.35. The van der Waals surface area contributed by atoms with Gasteiger partial charge in [-0.2, -0.15) is 0 Å². The second kappa shape index (κ2) is 6.13. The lowest BCUT2D eigenvalue weighted by Crippen LogP contribution is -2.63. The van der Waals surface area contributed by atoms with Crippen LogP contribution in [0.25, 0.3) is 0 Å². The van der Waals surface area contributed by atoms with E-state index < -0.39 is 0 Å². The fraction of sp³-hybridized carbons (Fsp3) is 0.926. The highest BCUT2D eigenvalue weighted by atomic mass is 16.6. The van der Waals surface area contributed by atoms with E-state index in [1.54, 1.807) is 0 Å². The van der Waals surface area contributed by atoms with Gasteiger partial charge in [-0.25, -0.2) is 0 Å². The van der Waals surface area contributed by atoms with E-state index in [9.17, 15) is 9.59 Å². The van der Waals surface area contributed by atoms with Gasteiger partial charge in [-0.3, -0.25) is 9.59 Å². The molecule has 0 N–H and O–H groups in total. The van der Waals surface area contributed by atoms with Crippen molar-refractivity contribution in [3.8, 4) is 0 Å². The van der Waals surface area contributed by atoms with Crippen LogP contribution in [-0.2, 0) is 14.3 Å². The Morgan fingerprint density at radius 3 is 2.07 bits per heavy atom. The highest BCUT2D eigenvalue weighted by Crippen LogP contribution is 2.75. The Balaban J connectivity index is 1.50. The van der Waals surface area contributed by atoms with Crippen molar-refractivity contribution in [2.45, 2.75) is 111 Å². The van der Waals surface area contributed by atoms with Crippen LogP contribution in [0.15, 0.2) is 0 Å². The zero-order valence-electron chi connectivity index (χ0n) is 20.1. The molecule has 0 aromatic heterocycles. The number of hydrogen-bond donors (Lipinski definition) is 0. The molecule has 0 spiro atoms. The van der Waals surface area contributed by atoms with E-state index in [0.29, 0.717) is 46.7 Å². The van der Waals surface area contributed by atoms with E-state index in [1.165, 1.54) is 38.5 Å².